The van der Waals surface area contributed by atoms with Crippen LogP contribution >= 0.6 is 0 Å². The molecule has 0 radical (unpaired) electrons. The van der Waals surface area contributed by atoms with Crippen molar-refractivity contribution in [1.82, 2.24) is 5.32 Å². The van der Waals surface area contributed by atoms with Gasteiger partial charge in [0.1, 0.15) is 0 Å². The van der Waals surface area contributed by atoms with Gasteiger partial charge in [-0.15, -0.1) is 0 Å². The topological polar surface area (TPSA) is 12.0 Å². The first-order valence-corrected chi connectivity index (χ1v) is 5.45. The first-order chi connectivity index (χ1) is 6.63. The fraction of sp³-hybridized carbons (Fsp3) is 0.538. The zero-order valence-corrected chi connectivity index (χ0v) is 9.72. The van der Waals surface area contributed by atoms with Gasteiger partial charge in [-0.2, -0.15) is 0 Å². The summed E-state index contributed by atoms with van der Waals surface area (Å²) in [5.41, 5.74) is 4.10. The van der Waals surface area contributed by atoms with Gasteiger partial charge in [0.15, 0.2) is 0 Å². The zero-order valence-electron chi connectivity index (χ0n) is 9.72. The van der Waals surface area contributed by atoms with Gasteiger partial charge in [-0.25, -0.2) is 0 Å². The maximum atomic E-state index is 3.50. The van der Waals surface area contributed by atoms with Crippen molar-refractivity contribution in [2.24, 2.45) is 0 Å². The lowest BCUT2D eigenvalue weighted by molar-refractivity contribution is 0.570. The standard InChI is InChI=1S/C13H21N/c1-5-6-14-12(4)13-8-10(2)7-11(3)9-13/h7-9,12,14H,5-6H2,1-4H3/t12-/m0/s1. The highest BCUT2D eigenvalue weighted by molar-refractivity contribution is 5.30. The molecule has 1 heteroatoms. The van der Waals surface area contributed by atoms with E-state index in [1.54, 1.807) is 0 Å². The van der Waals surface area contributed by atoms with E-state index in [1.807, 2.05) is 0 Å². The van der Waals surface area contributed by atoms with Gasteiger partial charge in [0.05, 0.1) is 0 Å². The van der Waals surface area contributed by atoms with Crippen LogP contribution in [0.4, 0.5) is 0 Å². The molecule has 1 nitrogen and oxygen atoms in total. The number of rotatable bonds is 4. The maximum Gasteiger partial charge on any atom is 0.0291 e. The highest BCUT2D eigenvalue weighted by atomic mass is 14.9. The van der Waals surface area contributed by atoms with Crippen LogP contribution in [0.2, 0.25) is 0 Å². The van der Waals surface area contributed by atoms with Crippen LogP contribution in [0.25, 0.3) is 0 Å². The second kappa shape index (κ2) is 5.16. The molecule has 0 saturated heterocycles. The van der Waals surface area contributed by atoms with Crippen LogP contribution in [0.3, 0.4) is 0 Å². The van der Waals surface area contributed by atoms with Crippen LogP contribution in [-0.2, 0) is 0 Å². The summed E-state index contributed by atoms with van der Waals surface area (Å²) in [6, 6.07) is 7.21. The molecule has 0 spiro atoms. The molecule has 0 aliphatic heterocycles. The molecule has 1 rings (SSSR count). The average molecular weight is 191 g/mol. The molecule has 1 aromatic rings. The molecule has 0 heterocycles. The third kappa shape index (κ3) is 3.15. The van der Waals surface area contributed by atoms with E-state index in [1.165, 1.54) is 23.1 Å². The molecule has 0 aliphatic rings. The minimum Gasteiger partial charge on any atom is -0.310 e. The number of nitrogens with one attached hydrogen (secondary N) is 1. The van der Waals surface area contributed by atoms with Crippen LogP contribution < -0.4 is 5.32 Å². The number of aryl methyl sites for hydroxylation is 2. The van der Waals surface area contributed by atoms with Crippen molar-refractivity contribution < 1.29 is 0 Å². The zero-order chi connectivity index (χ0) is 10.6. The molecule has 0 aromatic heterocycles. The summed E-state index contributed by atoms with van der Waals surface area (Å²) >= 11 is 0. The van der Waals surface area contributed by atoms with Gasteiger partial charge in [-0.1, -0.05) is 36.2 Å². The lowest BCUT2D eigenvalue weighted by Gasteiger charge is -2.15. The van der Waals surface area contributed by atoms with E-state index in [4.69, 9.17) is 0 Å². The molecule has 14 heavy (non-hydrogen) atoms. The van der Waals surface area contributed by atoms with Crippen molar-refractivity contribution in [1.29, 1.82) is 0 Å². The normalized spacial score (nSPS) is 12.9. The van der Waals surface area contributed by atoms with Gasteiger partial charge in [-0.3, -0.25) is 0 Å². The molecule has 1 aromatic carbocycles. The van der Waals surface area contributed by atoms with Gasteiger partial charge in [0.25, 0.3) is 0 Å². The highest BCUT2D eigenvalue weighted by Crippen LogP contribution is 2.16. The second-order valence-corrected chi connectivity index (χ2v) is 4.10. The highest BCUT2D eigenvalue weighted by Gasteiger charge is 2.04. The lowest BCUT2D eigenvalue weighted by Crippen LogP contribution is -2.19. The van der Waals surface area contributed by atoms with E-state index in [9.17, 15) is 0 Å². The van der Waals surface area contributed by atoms with Crippen molar-refractivity contribution in [3.8, 4) is 0 Å². The van der Waals surface area contributed by atoms with Crippen molar-refractivity contribution in [2.45, 2.75) is 40.2 Å². The molecule has 0 aliphatic carbocycles. The van der Waals surface area contributed by atoms with Gasteiger partial charge in [0.2, 0.25) is 0 Å². The Morgan fingerprint density at radius 1 is 1.14 bits per heavy atom. The van der Waals surface area contributed by atoms with Crippen LogP contribution in [0.5, 0.6) is 0 Å². The molecule has 0 fully saturated rings. The summed E-state index contributed by atoms with van der Waals surface area (Å²) in [5, 5.41) is 3.50. The van der Waals surface area contributed by atoms with Gasteiger partial charge in [0, 0.05) is 6.04 Å². The number of hydrogen-bond acceptors (Lipinski definition) is 1. The average Bonchev–Trinajstić information content (AvgIpc) is 2.12. The quantitative estimate of drug-likeness (QED) is 0.769. The van der Waals surface area contributed by atoms with E-state index in [0.717, 1.165) is 6.54 Å². The molecule has 0 saturated carbocycles. The van der Waals surface area contributed by atoms with E-state index in [0.29, 0.717) is 6.04 Å². The number of hydrogen-bond donors (Lipinski definition) is 1. The van der Waals surface area contributed by atoms with Crippen LogP contribution in [0.15, 0.2) is 18.2 Å². The summed E-state index contributed by atoms with van der Waals surface area (Å²) in [6.07, 6.45) is 1.19. The van der Waals surface area contributed by atoms with E-state index in [-0.39, 0.29) is 0 Å². The summed E-state index contributed by atoms with van der Waals surface area (Å²) in [6.45, 7) is 9.82. The van der Waals surface area contributed by atoms with Crippen molar-refractivity contribution in [3.05, 3.63) is 34.9 Å². The first kappa shape index (κ1) is 11.3. The molecule has 1 N–H and O–H groups in total. The molecule has 0 bridgehead atoms. The fourth-order valence-corrected chi connectivity index (χ4v) is 1.74. The summed E-state index contributed by atoms with van der Waals surface area (Å²) in [7, 11) is 0. The smallest absolute Gasteiger partial charge is 0.0291 e. The summed E-state index contributed by atoms with van der Waals surface area (Å²) < 4.78 is 0. The van der Waals surface area contributed by atoms with Gasteiger partial charge >= 0.3 is 0 Å². The Labute approximate surface area is 87.5 Å². The third-order valence-corrected chi connectivity index (χ3v) is 2.44. The van der Waals surface area contributed by atoms with Crippen molar-refractivity contribution in [3.63, 3.8) is 0 Å². The van der Waals surface area contributed by atoms with Gasteiger partial charge < -0.3 is 5.32 Å². The third-order valence-electron chi connectivity index (χ3n) is 2.44. The number of benzene rings is 1. The largest absolute Gasteiger partial charge is 0.310 e. The Balaban J connectivity index is 2.73. The summed E-state index contributed by atoms with van der Waals surface area (Å²) in [5.74, 6) is 0. The second-order valence-electron chi connectivity index (χ2n) is 4.10. The Hall–Kier alpha value is -0.820. The predicted molar refractivity (Wildman–Crippen MR) is 62.6 cm³/mol. The Bertz CT molecular complexity index is 271. The molecule has 0 amide bonds. The minimum atomic E-state index is 0.466. The monoisotopic (exact) mass is 191 g/mol. The van der Waals surface area contributed by atoms with Gasteiger partial charge in [-0.05, 0) is 39.3 Å². The van der Waals surface area contributed by atoms with Crippen LogP contribution in [-0.4, -0.2) is 6.54 Å². The lowest BCUT2D eigenvalue weighted by atomic mass is 10.0. The fourth-order valence-electron chi connectivity index (χ4n) is 1.74. The Morgan fingerprint density at radius 3 is 2.21 bits per heavy atom. The molecule has 1 atom stereocenters. The molecular weight excluding hydrogens is 170 g/mol. The van der Waals surface area contributed by atoms with E-state index >= 15 is 0 Å². The minimum absolute atomic E-state index is 0.466. The summed E-state index contributed by atoms with van der Waals surface area (Å²) in [4.78, 5) is 0. The van der Waals surface area contributed by atoms with Crippen molar-refractivity contribution >= 4 is 0 Å². The SMILES string of the molecule is CCCN[C@@H](C)c1cc(C)cc(C)c1. The Morgan fingerprint density at radius 2 is 1.71 bits per heavy atom. The first-order valence-electron chi connectivity index (χ1n) is 5.45. The molecule has 78 valence electrons. The van der Waals surface area contributed by atoms with E-state index < -0.39 is 0 Å². The van der Waals surface area contributed by atoms with E-state index in [2.05, 4.69) is 51.2 Å². The van der Waals surface area contributed by atoms with Crippen LogP contribution in [0.1, 0.15) is 43.0 Å². The molecule has 0 unspecified atom stereocenters. The van der Waals surface area contributed by atoms with Crippen molar-refractivity contribution in [2.75, 3.05) is 6.54 Å². The van der Waals surface area contributed by atoms with Crippen LogP contribution in [0, 0.1) is 13.8 Å². The Kier molecular flexibility index (Phi) is 4.15. The predicted octanol–water partition coefficient (Wildman–Crippen LogP) is 3.36. The molecular formula is C13H21N. The maximum absolute atomic E-state index is 3.50.